The summed E-state index contributed by atoms with van der Waals surface area (Å²) in [6.45, 7) is 17.7. The Hall–Kier alpha value is -3.23. The Morgan fingerprint density at radius 2 is 1.60 bits per heavy atom. The third-order valence-corrected chi connectivity index (χ3v) is 9.86. The predicted octanol–water partition coefficient (Wildman–Crippen LogP) is 6.16. The molecule has 0 aliphatic carbocycles. The highest BCUT2D eigenvalue weighted by Gasteiger charge is 2.30. The van der Waals surface area contributed by atoms with Crippen LogP contribution in [0.5, 0.6) is 5.75 Å². The first-order valence-corrected chi connectivity index (χ1v) is 15.8. The molecule has 3 aromatic rings. The van der Waals surface area contributed by atoms with Crippen LogP contribution in [0.15, 0.2) is 65.5 Å². The lowest BCUT2D eigenvalue weighted by Gasteiger charge is -2.30. The summed E-state index contributed by atoms with van der Waals surface area (Å²) in [5.74, 6) is 0.0461. The fraction of sp³-hybridized carbons (Fsp3) is 0.469. The van der Waals surface area contributed by atoms with Crippen LogP contribution in [-0.2, 0) is 22.9 Å². The molecule has 7 nitrogen and oxygen atoms in total. The number of nitrogens with one attached hydrogen (secondary N) is 1. The monoisotopic (exact) mass is 562 g/mol. The van der Waals surface area contributed by atoms with Gasteiger partial charge >= 0.3 is 0 Å². The van der Waals surface area contributed by atoms with Gasteiger partial charge in [-0.25, -0.2) is 4.98 Å². The quantitative estimate of drug-likeness (QED) is 0.267. The Kier molecular flexibility index (Phi) is 10.5. The maximum absolute atomic E-state index is 14.0. The van der Waals surface area contributed by atoms with E-state index in [0.29, 0.717) is 25.4 Å². The maximum Gasteiger partial charge on any atom is 0.294 e. The number of hydrogen-bond donors (Lipinski definition) is 1. The van der Waals surface area contributed by atoms with Crippen molar-refractivity contribution in [3.05, 3.63) is 93.7 Å². The van der Waals surface area contributed by atoms with Gasteiger partial charge in [0.2, 0.25) is 14.8 Å². The van der Waals surface area contributed by atoms with Crippen LogP contribution >= 0.6 is 0 Å². The van der Waals surface area contributed by atoms with Crippen LogP contribution in [0.2, 0.25) is 11.6 Å². The van der Waals surface area contributed by atoms with Crippen LogP contribution in [0.3, 0.4) is 0 Å². The molecule has 0 saturated heterocycles. The number of carbonyl (C=O) groups excluding carboxylic acids is 1. The second-order valence-corrected chi connectivity index (χ2v) is 15.0. The molecule has 0 saturated carbocycles. The molecule has 0 atom stereocenters. The highest BCUT2D eigenvalue weighted by atomic mass is 28.3. The van der Waals surface area contributed by atoms with Crippen LogP contribution in [-0.4, -0.2) is 49.0 Å². The number of carbonyl (C=O) groups is 1. The van der Waals surface area contributed by atoms with Gasteiger partial charge in [0.25, 0.3) is 11.5 Å². The van der Waals surface area contributed by atoms with Crippen molar-refractivity contribution < 1.29 is 14.0 Å². The largest absolute Gasteiger partial charge is 0.481 e. The minimum Gasteiger partial charge on any atom is -0.481 e. The summed E-state index contributed by atoms with van der Waals surface area (Å²) >= 11 is 0. The Labute approximate surface area is 240 Å². The maximum atomic E-state index is 14.0. The predicted molar refractivity (Wildman–Crippen MR) is 162 cm³/mol. The van der Waals surface area contributed by atoms with Crippen molar-refractivity contribution in [2.24, 2.45) is 0 Å². The average molecular weight is 563 g/mol. The minimum atomic E-state index is -1.06. The first kappa shape index (κ1) is 31.3. The average Bonchev–Trinajstić information content (AvgIpc) is 2.90. The van der Waals surface area contributed by atoms with E-state index in [9.17, 15) is 9.59 Å². The molecule has 0 fully saturated rings. The van der Waals surface area contributed by atoms with E-state index in [4.69, 9.17) is 14.1 Å². The van der Waals surface area contributed by atoms with Crippen molar-refractivity contribution in [3.8, 4) is 5.75 Å². The highest BCUT2D eigenvalue weighted by molar-refractivity contribution is 6.53. The van der Waals surface area contributed by atoms with Crippen LogP contribution in [0.25, 0.3) is 0 Å². The van der Waals surface area contributed by atoms with Crippen LogP contribution in [0.4, 0.5) is 0 Å². The number of ether oxygens (including phenoxy) is 1. The van der Waals surface area contributed by atoms with Crippen molar-refractivity contribution in [3.63, 3.8) is 0 Å². The molecule has 0 spiro atoms. The third-order valence-electron chi connectivity index (χ3n) is 7.11. The fourth-order valence-electron chi connectivity index (χ4n) is 4.26. The molecule has 0 aliphatic heterocycles. The standard InChI is InChI=1S/C32H44N3O4Si/c1-23(2)35(19-20-39-40(8)31(3,4)5)30(37)27-28(38-22-24-15-11-9-12-16-24)29(36)34-26(33-27)21-32(6,7)25-17-13-10-14-18-25/h9-18,23H,19-22H2,1-8H3,(H,33,34,36). The van der Waals surface area contributed by atoms with Gasteiger partial charge in [0.15, 0.2) is 5.69 Å². The van der Waals surface area contributed by atoms with Gasteiger partial charge in [0, 0.05) is 19.0 Å². The first-order chi connectivity index (χ1) is 18.8. The Balaban J connectivity index is 1.95. The lowest BCUT2D eigenvalue weighted by atomic mass is 9.81. The van der Waals surface area contributed by atoms with E-state index >= 15 is 0 Å². The third kappa shape index (κ3) is 8.38. The molecule has 0 aliphatic rings. The molecule has 1 heterocycles. The summed E-state index contributed by atoms with van der Waals surface area (Å²) in [5.41, 5.74) is 1.27. The number of H-pyrrole nitrogens is 1. The summed E-state index contributed by atoms with van der Waals surface area (Å²) in [6, 6.07) is 19.5. The molecule has 1 amide bonds. The second-order valence-electron chi connectivity index (χ2n) is 12.1. The van der Waals surface area contributed by atoms with E-state index in [1.54, 1.807) is 4.90 Å². The molecule has 1 aromatic heterocycles. The summed E-state index contributed by atoms with van der Waals surface area (Å²) < 4.78 is 12.1. The Morgan fingerprint density at radius 3 is 2.17 bits per heavy atom. The second kappa shape index (κ2) is 13.4. The van der Waals surface area contributed by atoms with E-state index in [-0.39, 0.29) is 40.5 Å². The number of aromatic nitrogens is 2. The smallest absolute Gasteiger partial charge is 0.294 e. The highest BCUT2D eigenvalue weighted by Crippen LogP contribution is 2.28. The topological polar surface area (TPSA) is 84.5 Å². The van der Waals surface area contributed by atoms with Gasteiger partial charge in [-0.1, -0.05) is 95.3 Å². The van der Waals surface area contributed by atoms with Crippen molar-refractivity contribution in [2.75, 3.05) is 13.2 Å². The number of nitrogens with zero attached hydrogens (tertiary/aromatic N) is 2. The van der Waals surface area contributed by atoms with Gasteiger partial charge in [-0.2, -0.15) is 0 Å². The normalized spacial score (nSPS) is 12.2. The lowest BCUT2D eigenvalue weighted by Crippen LogP contribution is -2.42. The molecule has 8 heteroatoms. The van der Waals surface area contributed by atoms with Gasteiger partial charge in [-0.15, -0.1) is 0 Å². The van der Waals surface area contributed by atoms with E-state index in [0.717, 1.165) is 11.1 Å². The number of rotatable bonds is 12. The van der Waals surface area contributed by atoms with Crippen molar-refractivity contribution >= 4 is 14.9 Å². The number of hydrogen-bond acceptors (Lipinski definition) is 5. The molecule has 0 unspecified atom stereocenters. The van der Waals surface area contributed by atoms with E-state index in [1.165, 1.54) is 0 Å². The van der Waals surface area contributed by atoms with Gasteiger partial charge in [0.1, 0.15) is 12.4 Å². The molecule has 215 valence electrons. The Bertz CT molecular complexity index is 1300. The molecule has 2 aromatic carbocycles. The summed E-state index contributed by atoms with van der Waals surface area (Å²) in [4.78, 5) is 36.8. The van der Waals surface area contributed by atoms with Crippen LogP contribution in [0, 0.1) is 0 Å². The van der Waals surface area contributed by atoms with E-state index in [2.05, 4.69) is 58.3 Å². The van der Waals surface area contributed by atoms with E-state index in [1.807, 2.05) is 62.4 Å². The van der Waals surface area contributed by atoms with Gasteiger partial charge < -0.3 is 19.0 Å². The molecule has 1 N–H and O–H groups in total. The zero-order valence-corrected chi connectivity index (χ0v) is 26.2. The zero-order valence-electron chi connectivity index (χ0n) is 25.2. The number of aromatic amines is 1. The number of benzene rings is 2. The molecule has 3 rings (SSSR count). The SMILES string of the molecule is CC(C)N(CCO[Si](C)C(C)(C)C)C(=O)c1nc(CC(C)(C)c2ccccc2)[nH]c(=O)c1OCc1ccccc1. The molecule has 40 heavy (non-hydrogen) atoms. The van der Waals surface area contributed by atoms with Crippen molar-refractivity contribution in [2.45, 2.75) is 84.5 Å². The van der Waals surface area contributed by atoms with Gasteiger partial charge in [0.05, 0.1) is 6.61 Å². The zero-order chi connectivity index (χ0) is 29.5. The molecular formula is C32H44N3O4Si. The van der Waals surface area contributed by atoms with Crippen LogP contribution in [0.1, 0.15) is 75.9 Å². The van der Waals surface area contributed by atoms with Crippen LogP contribution < -0.4 is 10.3 Å². The van der Waals surface area contributed by atoms with Gasteiger partial charge in [-0.05, 0) is 42.0 Å². The van der Waals surface area contributed by atoms with Crippen molar-refractivity contribution in [1.82, 2.24) is 14.9 Å². The minimum absolute atomic E-state index is 0.0325. The first-order valence-electron chi connectivity index (χ1n) is 13.9. The molecular weight excluding hydrogens is 518 g/mol. The van der Waals surface area contributed by atoms with Gasteiger partial charge in [-0.3, -0.25) is 9.59 Å². The number of amides is 1. The lowest BCUT2D eigenvalue weighted by molar-refractivity contribution is 0.0660. The summed E-state index contributed by atoms with van der Waals surface area (Å²) in [6.07, 6.45) is 0.448. The molecule has 0 bridgehead atoms. The summed E-state index contributed by atoms with van der Waals surface area (Å²) in [5, 5.41) is 0.0878. The van der Waals surface area contributed by atoms with Crippen molar-refractivity contribution in [1.29, 1.82) is 0 Å². The van der Waals surface area contributed by atoms with E-state index < -0.39 is 14.6 Å². The Morgan fingerprint density at radius 1 is 1.00 bits per heavy atom. The fourth-order valence-corrected chi connectivity index (χ4v) is 5.09. The summed E-state index contributed by atoms with van der Waals surface area (Å²) in [7, 11) is -1.06. The molecule has 1 radical (unpaired) electrons.